The van der Waals surface area contributed by atoms with E-state index in [1.54, 1.807) is 6.33 Å². The molecule has 5 rings (SSSR count). The van der Waals surface area contributed by atoms with Crippen LogP contribution in [0.1, 0.15) is 24.7 Å². The number of hydrogen-bond donors (Lipinski definition) is 1. The molecule has 0 spiro atoms. The van der Waals surface area contributed by atoms with Crippen LogP contribution >= 0.6 is 0 Å². The zero-order valence-corrected chi connectivity index (χ0v) is 16.2. The second kappa shape index (κ2) is 7.92. The summed E-state index contributed by atoms with van der Waals surface area (Å²) in [5.74, 6) is 1.45. The molecule has 152 valence electrons. The Balaban J connectivity index is 1.26. The average molecular weight is 396 g/mol. The first-order valence-corrected chi connectivity index (χ1v) is 10.1. The Kier molecular flexibility index (Phi) is 4.99. The number of aromatic amines is 1. The molecule has 1 amide bonds. The fourth-order valence-corrected chi connectivity index (χ4v) is 4.01. The topological polar surface area (TPSA) is 100 Å². The molecule has 9 heteroatoms. The highest BCUT2D eigenvalue weighted by molar-refractivity contribution is 5.80. The van der Waals surface area contributed by atoms with Crippen LogP contribution in [0.2, 0.25) is 0 Å². The first-order chi connectivity index (χ1) is 14.3. The van der Waals surface area contributed by atoms with Crippen LogP contribution in [-0.2, 0) is 9.53 Å². The molecule has 0 aliphatic carbocycles. The molecule has 0 saturated carbocycles. The van der Waals surface area contributed by atoms with Crippen molar-refractivity contribution in [3.8, 4) is 11.4 Å². The van der Waals surface area contributed by atoms with Crippen LogP contribution in [0.15, 0.2) is 29.0 Å². The zero-order valence-electron chi connectivity index (χ0n) is 16.2. The Morgan fingerprint density at radius 2 is 2.10 bits per heavy atom. The molecule has 2 aliphatic heterocycles. The van der Waals surface area contributed by atoms with Gasteiger partial charge in [-0.1, -0.05) is 5.16 Å². The zero-order chi connectivity index (χ0) is 19.6. The van der Waals surface area contributed by atoms with E-state index in [0.717, 1.165) is 62.4 Å². The van der Waals surface area contributed by atoms with Gasteiger partial charge in [-0.3, -0.25) is 9.69 Å². The second-order valence-electron chi connectivity index (χ2n) is 7.62. The van der Waals surface area contributed by atoms with Crippen LogP contribution in [-0.4, -0.2) is 81.8 Å². The van der Waals surface area contributed by atoms with Gasteiger partial charge in [-0.25, -0.2) is 4.98 Å². The molecule has 3 aromatic rings. The van der Waals surface area contributed by atoms with Crippen LogP contribution < -0.4 is 0 Å². The Bertz CT molecular complexity index is 993. The van der Waals surface area contributed by atoms with Crippen molar-refractivity contribution in [2.24, 2.45) is 0 Å². The van der Waals surface area contributed by atoms with Crippen molar-refractivity contribution in [1.29, 1.82) is 0 Å². The molecule has 2 aliphatic rings. The third-order valence-corrected chi connectivity index (χ3v) is 5.76. The fourth-order valence-electron chi connectivity index (χ4n) is 4.01. The molecule has 29 heavy (non-hydrogen) atoms. The van der Waals surface area contributed by atoms with Gasteiger partial charge in [0.2, 0.25) is 17.6 Å². The molecule has 0 unspecified atom stereocenters. The quantitative estimate of drug-likeness (QED) is 0.700. The molecular weight excluding hydrogens is 372 g/mol. The molecule has 0 radical (unpaired) electrons. The molecule has 2 saturated heterocycles. The lowest BCUT2D eigenvalue weighted by Crippen LogP contribution is -2.45. The number of H-pyrrole nitrogens is 1. The summed E-state index contributed by atoms with van der Waals surface area (Å²) in [5, 5.41) is 4.17. The molecule has 4 heterocycles. The van der Waals surface area contributed by atoms with E-state index in [0.29, 0.717) is 24.7 Å². The van der Waals surface area contributed by atoms with Crippen molar-refractivity contribution in [3.63, 3.8) is 0 Å². The summed E-state index contributed by atoms with van der Waals surface area (Å²) in [5.41, 5.74) is 2.72. The number of rotatable bonds is 5. The molecule has 1 aromatic carbocycles. The smallest absolute Gasteiger partial charge is 0.231 e. The van der Waals surface area contributed by atoms with E-state index < -0.39 is 0 Å². The van der Waals surface area contributed by atoms with Crippen molar-refractivity contribution < 1.29 is 14.1 Å². The van der Waals surface area contributed by atoms with E-state index in [9.17, 15) is 4.79 Å². The van der Waals surface area contributed by atoms with Gasteiger partial charge in [-0.15, -0.1) is 0 Å². The predicted octanol–water partition coefficient (Wildman–Crippen LogP) is 1.65. The van der Waals surface area contributed by atoms with Crippen molar-refractivity contribution in [1.82, 2.24) is 29.9 Å². The van der Waals surface area contributed by atoms with E-state index in [1.165, 1.54) is 0 Å². The molecule has 2 aromatic heterocycles. The van der Waals surface area contributed by atoms with Gasteiger partial charge in [0.25, 0.3) is 0 Å². The monoisotopic (exact) mass is 396 g/mol. The van der Waals surface area contributed by atoms with E-state index in [4.69, 9.17) is 9.26 Å². The van der Waals surface area contributed by atoms with Crippen LogP contribution in [0, 0.1) is 0 Å². The van der Waals surface area contributed by atoms with Gasteiger partial charge in [-0.2, -0.15) is 4.98 Å². The number of morpholine rings is 1. The summed E-state index contributed by atoms with van der Waals surface area (Å²) in [6.45, 7) is 5.63. The van der Waals surface area contributed by atoms with E-state index >= 15 is 0 Å². The molecule has 9 nitrogen and oxygen atoms in total. The van der Waals surface area contributed by atoms with Gasteiger partial charge in [0.1, 0.15) is 0 Å². The average Bonchev–Trinajstić information content (AvgIpc) is 3.43. The number of aromatic nitrogens is 4. The largest absolute Gasteiger partial charge is 0.379 e. The molecule has 1 N–H and O–H groups in total. The summed E-state index contributed by atoms with van der Waals surface area (Å²) >= 11 is 0. The number of benzene rings is 1. The lowest BCUT2D eigenvalue weighted by atomic mass is 9.97. The summed E-state index contributed by atoms with van der Waals surface area (Å²) in [6.07, 6.45) is 2.93. The van der Waals surface area contributed by atoms with Gasteiger partial charge >= 0.3 is 0 Å². The Morgan fingerprint density at radius 3 is 3.00 bits per heavy atom. The summed E-state index contributed by atoms with van der Waals surface area (Å²) in [6, 6.07) is 5.84. The van der Waals surface area contributed by atoms with Crippen molar-refractivity contribution in [3.05, 3.63) is 30.4 Å². The normalized spacial score (nSPS) is 21.2. The molecule has 0 bridgehead atoms. The number of ether oxygens (including phenoxy) is 1. The number of hydrogen-bond acceptors (Lipinski definition) is 7. The third kappa shape index (κ3) is 3.88. The number of nitrogens with one attached hydrogen (secondary N) is 1. The Hall–Kier alpha value is -2.78. The highest BCUT2D eigenvalue weighted by Crippen LogP contribution is 2.28. The molecular formula is C20H24N6O3. The molecule has 2 fully saturated rings. The number of piperidine rings is 1. The SMILES string of the molecule is O=C1CC[C@@H](c2nc(-c3ccc4nc[nH]c4c3)no2)CN1CCN1CCOCC1. The van der Waals surface area contributed by atoms with Crippen molar-refractivity contribution in [2.45, 2.75) is 18.8 Å². The number of carbonyl (C=O) groups is 1. The van der Waals surface area contributed by atoms with Gasteiger partial charge in [0.05, 0.1) is 36.5 Å². The number of carbonyl (C=O) groups excluding carboxylic acids is 1. The van der Waals surface area contributed by atoms with Crippen LogP contribution in [0.25, 0.3) is 22.4 Å². The van der Waals surface area contributed by atoms with Crippen LogP contribution in [0.5, 0.6) is 0 Å². The standard InChI is InChI=1S/C20H24N6O3/c27-18-4-2-15(12-26(18)6-5-25-7-9-28-10-8-25)20-23-19(24-29-20)14-1-3-16-17(11-14)22-13-21-16/h1,3,11,13,15H,2,4-10,12H2,(H,21,22)/t15-/m1/s1. The third-order valence-electron chi connectivity index (χ3n) is 5.76. The number of amides is 1. The van der Waals surface area contributed by atoms with Crippen molar-refractivity contribution >= 4 is 16.9 Å². The minimum Gasteiger partial charge on any atom is -0.379 e. The summed E-state index contributed by atoms with van der Waals surface area (Å²) in [7, 11) is 0. The predicted molar refractivity (Wildman–Crippen MR) is 105 cm³/mol. The maximum Gasteiger partial charge on any atom is 0.231 e. The number of nitrogens with zero attached hydrogens (tertiary/aromatic N) is 5. The van der Waals surface area contributed by atoms with E-state index in [-0.39, 0.29) is 11.8 Å². The maximum atomic E-state index is 12.4. The first kappa shape index (κ1) is 18.3. The summed E-state index contributed by atoms with van der Waals surface area (Å²) in [4.78, 5) is 28.6. The van der Waals surface area contributed by atoms with Gasteiger partial charge in [0.15, 0.2) is 0 Å². The first-order valence-electron chi connectivity index (χ1n) is 10.1. The van der Waals surface area contributed by atoms with Crippen molar-refractivity contribution in [2.75, 3.05) is 45.9 Å². The summed E-state index contributed by atoms with van der Waals surface area (Å²) < 4.78 is 11.0. The van der Waals surface area contributed by atoms with Gasteiger partial charge in [-0.05, 0) is 24.6 Å². The number of likely N-dealkylation sites (tertiary alicyclic amines) is 1. The second-order valence-corrected chi connectivity index (χ2v) is 7.62. The number of fused-ring (bicyclic) bond motifs is 1. The Labute approximate surface area is 168 Å². The highest BCUT2D eigenvalue weighted by Gasteiger charge is 2.30. The number of imidazole rings is 1. The van der Waals surface area contributed by atoms with Crippen LogP contribution in [0.3, 0.4) is 0 Å². The fraction of sp³-hybridized carbons (Fsp3) is 0.500. The van der Waals surface area contributed by atoms with Gasteiger partial charge in [0, 0.05) is 44.7 Å². The van der Waals surface area contributed by atoms with E-state index in [1.807, 2.05) is 23.1 Å². The van der Waals surface area contributed by atoms with Crippen LogP contribution in [0.4, 0.5) is 0 Å². The minimum absolute atomic E-state index is 0.0783. The van der Waals surface area contributed by atoms with Gasteiger partial charge < -0.3 is 19.1 Å². The van der Waals surface area contributed by atoms with E-state index in [2.05, 4.69) is 25.0 Å². The maximum absolute atomic E-state index is 12.4. The minimum atomic E-state index is 0.0783. The lowest BCUT2D eigenvalue weighted by Gasteiger charge is -2.34. The molecule has 1 atom stereocenters. The lowest BCUT2D eigenvalue weighted by molar-refractivity contribution is -0.134. The Morgan fingerprint density at radius 1 is 1.21 bits per heavy atom. The highest BCUT2D eigenvalue weighted by atomic mass is 16.5.